The van der Waals surface area contributed by atoms with Gasteiger partial charge in [0, 0.05) is 11.7 Å². The van der Waals surface area contributed by atoms with Crippen LogP contribution in [-0.4, -0.2) is 16.5 Å². The average Bonchev–Trinajstić information content (AvgIpc) is 2.72. The van der Waals surface area contributed by atoms with Crippen LogP contribution >= 0.6 is 0 Å². The van der Waals surface area contributed by atoms with Crippen molar-refractivity contribution >= 4 is 5.91 Å². The smallest absolute Gasteiger partial charge is 0.269 e. The number of aryl methyl sites for hydroxylation is 1. The molecule has 0 saturated heterocycles. The molecule has 5 nitrogen and oxygen atoms in total. The first-order valence-corrected chi connectivity index (χ1v) is 7.51. The molecule has 5 heteroatoms. The number of carbonyl (C=O) groups excluding carboxylic acids is 1. The van der Waals surface area contributed by atoms with E-state index >= 15 is 0 Å². The van der Waals surface area contributed by atoms with Crippen LogP contribution in [0.15, 0.2) is 16.9 Å². The number of hydrogen-bond donors (Lipinski definition) is 1. The Morgan fingerprint density at radius 1 is 1.33 bits per heavy atom. The summed E-state index contributed by atoms with van der Waals surface area (Å²) in [7, 11) is 0. The van der Waals surface area contributed by atoms with Crippen LogP contribution < -0.4 is 10.9 Å². The number of nitrogens with one attached hydrogen (secondary N) is 1. The van der Waals surface area contributed by atoms with Crippen molar-refractivity contribution in [1.29, 1.82) is 5.26 Å². The van der Waals surface area contributed by atoms with Crippen LogP contribution in [0.25, 0.3) is 0 Å². The fourth-order valence-electron chi connectivity index (χ4n) is 2.79. The second-order valence-corrected chi connectivity index (χ2v) is 5.65. The van der Waals surface area contributed by atoms with Gasteiger partial charge in [0.1, 0.15) is 18.2 Å². The zero-order valence-corrected chi connectivity index (χ0v) is 12.4. The third-order valence-electron chi connectivity index (χ3n) is 4.03. The summed E-state index contributed by atoms with van der Waals surface area (Å²) in [6, 6.07) is 5.27. The Hall–Kier alpha value is -2.09. The third-order valence-corrected chi connectivity index (χ3v) is 4.03. The molecular weight excluding hydrogens is 266 g/mol. The number of pyridine rings is 1. The number of hydrogen-bond acceptors (Lipinski definition) is 3. The molecule has 0 aliphatic heterocycles. The fraction of sp³-hybridized carbons (Fsp3) is 0.562. The van der Waals surface area contributed by atoms with Crippen molar-refractivity contribution in [2.24, 2.45) is 0 Å². The van der Waals surface area contributed by atoms with E-state index in [1.807, 2.05) is 6.07 Å². The quantitative estimate of drug-likeness (QED) is 0.862. The molecule has 0 atom stereocenters. The van der Waals surface area contributed by atoms with Crippen LogP contribution in [0.2, 0.25) is 0 Å². The lowest BCUT2D eigenvalue weighted by Gasteiger charge is -2.17. The Balaban J connectivity index is 2.06. The normalized spacial score (nSPS) is 16.0. The Kier molecular flexibility index (Phi) is 5.15. The molecule has 21 heavy (non-hydrogen) atoms. The summed E-state index contributed by atoms with van der Waals surface area (Å²) >= 11 is 0. The SMILES string of the molecule is Cc1ccc(C#N)c(=O)n1CC(=O)NC1CCCCCC1. The first-order valence-electron chi connectivity index (χ1n) is 7.51. The third kappa shape index (κ3) is 3.94. The number of amides is 1. The summed E-state index contributed by atoms with van der Waals surface area (Å²) in [5.74, 6) is -0.151. The standard InChI is InChI=1S/C16H21N3O2/c1-12-8-9-13(10-17)16(21)19(12)11-15(20)18-14-6-4-2-3-5-7-14/h8-9,14H,2-7,11H2,1H3,(H,18,20). The second kappa shape index (κ2) is 7.07. The van der Waals surface area contributed by atoms with Gasteiger partial charge in [0.05, 0.1) is 0 Å². The van der Waals surface area contributed by atoms with Crippen LogP contribution in [0, 0.1) is 18.3 Å². The summed E-state index contributed by atoms with van der Waals surface area (Å²) in [4.78, 5) is 24.2. The lowest BCUT2D eigenvalue weighted by Crippen LogP contribution is -2.39. The molecule has 0 spiro atoms. The molecule has 0 radical (unpaired) electrons. The first-order chi connectivity index (χ1) is 10.1. The Bertz CT molecular complexity index is 605. The van der Waals surface area contributed by atoms with E-state index in [1.54, 1.807) is 13.0 Å². The van der Waals surface area contributed by atoms with Crippen molar-refractivity contribution in [2.45, 2.75) is 58.0 Å². The predicted molar refractivity (Wildman–Crippen MR) is 79.8 cm³/mol. The molecule has 1 aliphatic carbocycles. The van der Waals surface area contributed by atoms with Crippen LogP contribution in [0.5, 0.6) is 0 Å². The summed E-state index contributed by atoms with van der Waals surface area (Å²) in [5, 5.41) is 11.9. The van der Waals surface area contributed by atoms with Gasteiger partial charge in [-0.2, -0.15) is 5.26 Å². The van der Waals surface area contributed by atoms with E-state index in [2.05, 4.69) is 5.32 Å². The molecule has 1 saturated carbocycles. The van der Waals surface area contributed by atoms with Crippen LogP contribution in [-0.2, 0) is 11.3 Å². The van der Waals surface area contributed by atoms with E-state index in [0.717, 1.165) is 25.7 Å². The molecule has 1 fully saturated rings. The fourth-order valence-corrected chi connectivity index (χ4v) is 2.79. The Morgan fingerprint density at radius 3 is 2.62 bits per heavy atom. The predicted octanol–water partition coefficient (Wildman–Crippen LogP) is 1.87. The van der Waals surface area contributed by atoms with Gasteiger partial charge in [-0.25, -0.2) is 0 Å². The maximum atomic E-state index is 12.1. The van der Waals surface area contributed by atoms with Gasteiger partial charge in [0.25, 0.3) is 5.56 Å². The van der Waals surface area contributed by atoms with Gasteiger partial charge in [-0.3, -0.25) is 9.59 Å². The van der Waals surface area contributed by atoms with E-state index < -0.39 is 5.56 Å². The Labute approximate surface area is 124 Å². The van der Waals surface area contributed by atoms with E-state index in [4.69, 9.17) is 5.26 Å². The summed E-state index contributed by atoms with van der Waals surface area (Å²) in [6.45, 7) is 1.75. The van der Waals surface area contributed by atoms with Gasteiger partial charge < -0.3 is 9.88 Å². The van der Waals surface area contributed by atoms with Crippen molar-refractivity contribution in [3.05, 3.63) is 33.7 Å². The molecule has 1 amide bonds. The minimum Gasteiger partial charge on any atom is -0.352 e. The highest BCUT2D eigenvalue weighted by molar-refractivity contribution is 5.76. The van der Waals surface area contributed by atoms with Gasteiger partial charge in [-0.05, 0) is 31.9 Å². The van der Waals surface area contributed by atoms with Gasteiger partial charge in [0.15, 0.2) is 0 Å². The van der Waals surface area contributed by atoms with Gasteiger partial charge in [-0.1, -0.05) is 25.7 Å². The molecule has 1 heterocycles. The zero-order valence-electron chi connectivity index (χ0n) is 12.4. The number of carbonyl (C=O) groups is 1. The van der Waals surface area contributed by atoms with Gasteiger partial charge in [-0.15, -0.1) is 0 Å². The number of nitriles is 1. The molecule has 0 unspecified atom stereocenters. The lowest BCUT2D eigenvalue weighted by molar-refractivity contribution is -0.122. The van der Waals surface area contributed by atoms with Crippen molar-refractivity contribution in [1.82, 2.24) is 9.88 Å². The van der Waals surface area contributed by atoms with Gasteiger partial charge in [0.2, 0.25) is 5.91 Å². The highest BCUT2D eigenvalue weighted by Gasteiger charge is 2.16. The van der Waals surface area contributed by atoms with Crippen LogP contribution in [0.3, 0.4) is 0 Å². The topological polar surface area (TPSA) is 74.9 Å². The van der Waals surface area contributed by atoms with E-state index in [1.165, 1.54) is 23.5 Å². The van der Waals surface area contributed by atoms with E-state index in [9.17, 15) is 9.59 Å². The average molecular weight is 287 g/mol. The molecular formula is C16H21N3O2. The van der Waals surface area contributed by atoms with Crippen LogP contribution in [0.4, 0.5) is 0 Å². The van der Waals surface area contributed by atoms with Crippen molar-refractivity contribution < 1.29 is 4.79 Å². The second-order valence-electron chi connectivity index (χ2n) is 5.65. The monoisotopic (exact) mass is 287 g/mol. The zero-order chi connectivity index (χ0) is 15.2. The summed E-state index contributed by atoms with van der Waals surface area (Å²) in [6.07, 6.45) is 6.78. The molecule has 1 aromatic heterocycles. The molecule has 112 valence electrons. The molecule has 1 N–H and O–H groups in total. The minimum atomic E-state index is -0.395. The lowest BCUT2D eigenvalue weighted by atomic mass is 10.1. The van der Waals surface area contributed by atoms with Crippen molar-refractivity contribution in [3.8, 4) is 6.07 Å². The number of aromatic nitrogens is 1. The van der Waals surface area contributed by atoms with Crippen molar-refractivity contribution in [2.75, 3.05) is 0 Å². The molecule has 0 aromatic carbocycles. The van der Waals surface area contributed by atoms with Crippen LogP contribution in [0.1, 0.15) is 49.8 Å². The summed E-state index contributed by atoms with van der Waals surface area (Å²) < 4.78 is 1.37. The van der Waals surface area contributed by atoms with E-state index in [0.29, 0.717) is 5.69 Å². The number of nitrogens with zero attached hydrogens (tertiary/aromatic N) is 2. The molecule has 1 aliphatic rings. The minimum absolute atomic E-state index is 0.0172. The molecule has 1 aromatic rings. The maximum Gasteiger partial charge on any atom is 0.269 e. The molecule has 0 bridgehead atoms. The highest BCUT2D eigenvalue weighted by atomic mass is 16.2. The highest BCUT2D eigenvalue weighted by Crippen LogP contribution is 2.17. The summed E-state index contributed by atoms with van der Waals surface area (Å²) in [5.41, 5.74) is 0.367. The van der Waals surface area contributed by atoms with E-state index in [-0.39, 0.29) is 24.1 Å². The maximum absolute atomic E-state index is 12.1. The largest absolute Gasteiger partial charge is 0.352 e. The van der Waals surface area contributed by atoms with Crippen molar-refractivity contribution in [3.63, 3.8) is 0 Å². The first kappa shape index (κ1) is 15.3. The number of rotatable bonds is 3. The molecule has 2 rings (SSSR count). The van der Waals surface area contributed by atoms with Gasteiger partial charge >= 0.3 is 0 Å². The Morgan fingerprint density at radius 2 is 2.00 bits per heavy atom.